The fourth-order valence-electron chi connectivity index (χ4n) is 1.91. The summed E-state index contributed by atoms with van der Waals surface area (Å²) in [5.41, 5.74) is 0. The molecule has 4 nitrogen and oxygen atoms in total. The Morgan fingerprint density at radius 1 is 1.37 bits per heavy atom. The van der Waals surface area contributed by atoms with Crippen LogP contribution in [0.2, 0.25) is 0 Å². The minimum absolute atomic E-state index is 0.582. The normalized spacial score (nSPS) is 11.7. The first-order valence-electron chi connectivity index (χ1n) is 6.34. The molecule has 0 unspecified atom stereocenters. The van der Waals surface area contributed by atoms with Crippen LogP contribution in [0, 0.1) is 5.92 Å². The number of rotatable bonds is 6. The number of thiophene rings is 1. The van der Waals surface area contributed by atoms with Crippen LogP contribution in [0.25, 0.3) is 0 Å². The molecule has 0 spiro atoms. The highest BCUT2D eigenvalue weighted by atomic mass is 79.9. The molecule has 2 rings (SSSR count). The van der Waals surface area contributed by atoms with E-state index in [4.69, 9.17) is 0 Å². The van der Waals surface area contributed by atoms with E-state index in [2.05, 4.69) is 63.9 Å². The lowest BCUT2D eigenvalue weighted by Crippen LogP contribution is -2.21. The van der Waals surface area contributed by atoms with E-state index in [9.17, 15) is 0 Å². The van der Waals surface area contributed by atoms with Gasteiger partial charge in [0.1, 0.15) is 12.2 Å². The molecule has 0 aliphatic heterocycles. The van der Waals surface area contributed by atoms with Gasteiger partial charge in [-0.15, -0.1) is 11.3 Å². The van der Waals surface area contributed by atoms with Gasteiger partial charge in [-0.2, -0.15) is 5.10 Å². The Labute approximate surface area is 126 Å². The number of nitrogens with zero attached hydrogens (tertiary/aromatic N) is 4. The molecule has 104 valence electrons. The summed E-state index contributed by atoms with van der Waals surface area (Å²) in [5.74, 6) is 1.62. The van der Waals surface area contributed by atoms with Gasteiger partial charge in [-0.1, -0.05) is 13.8 Å². The largest absolute Gasteiger partial charge is 0.294 e. The minimum atomic E-state index is 0.582. The Kier molecular flexibility index (Phi) is 5.13. The van der Waals surface area contributed by atoms with Crippen molar-refractivity contribution >= 4 is 27.3 Å². The summed E-state index contributed by atoms with van der Waals surface area (Å²) in [6.07, 6.45) is 1.65. The Morgan fingerprint density at radius 3 is 2.79 bits per heavy atom. The molecule has 19 heavy (non-hydrogen) atoms. The Balaban J connectivity index is 1.95. The van der Waals surface area contributed by atoms with Crippen molar-refractivity contribution in [3.63, 3.8) is 0 Å². The number of halogens is 1. The summed E-state index contributed by atoms with van der Waals surface area (Å²) in [6, 6.07) is 4.25. The van der Waals surface area contributed by atoms with E-state index >= 15 is 0 Å². The lowest BCUT2D eigenvalue weighted by atomic mass is 10.2. The predicted octanol–water partition coefficient (Wildman–Crippen LogP) is 3.39. The van der Waals surface area contributed by atoms with Crippen molar-refractivity contribution in [3.8, 4) is 0 Å². The highest BCUT2D eigenvalue weighted by Crippen LogP contribution is 2.23. The van der Waals surface area contributed by atoms with Gasteiger partial charge in [-0.3, -0.25) is 4.90 Å². The molecule has 2 aromatic rings. The van der Waals surface area contributed by atoms with E-state index in [-0.39, 0.29) is 0 Å². The number of aromatic nitrogens is 3. The van der Waals surface area contributed by atoms with Crippen molar-refractivity contribution in [2.24, 2.45) is 5.92 Å². The molecule has 0 saturated carbocycles. The average Bonchev–Trinajstić information content (AvgIpc) is 2.88. The van der Waals surface area contributed by atoms with Crippen molar-refractivity contribution in [1.82, 2.24) is 19.7 Å². The van der Waals surface area contributed by atoms with Gasteiger partial charge < -0.3 is 0 Å². The maximum Gasteiger partial charge on any atom is 0.141 e. The van der Waals surface area contributed by atoms with Gasteiger partial charge >= 0.3 is 0 Å². The van der Waals surface area contributed by atoms with Gasteiger partial charge in [-0.05, 0) is 41.0 Å². The molecule has 2 heterocycles. The molecule has 0 N–H and O–H groups in total. The summed E-state index contributed by atoms with van der Waals surface area (Å²) in [7, 11) is 2.11. The maximum absolute atomic E-state index is 4.36. The topological polar surface area (TPSA) is 34.0 Å². The number of hydrogen-bond acceptors (Lipinski definition) is 4. The quantitative estimate of drug-likeness (QED) is 0.806. The molecule has 0 bridgehead atoms. The molecule has 0 radical (unpaired) electrons. The van der Waals surface area contributed by atoms with Crippen molar-refractivity contribution in [2.75, 3.05) is 7.05 Å². The zero-order chi connectivity index (χ0) is 13.8. The van der Waals surface area contributed by atoms with E-state index in [1.807, 2.05) is 4.68 Å². The fourth-order valence-corrected chi connectivity index (χ4v) is 3.47. The summed E-state index contributed by atoms with van der Waals surface area (Å²) in [6.45, 7) is 7.07. The van der Waals surface area contributed by atoms with Crippen LogP contribution in [0.15, 0.2) is 22.2 Å². The smallest absolute Gasteiger partial charge is 0.141 e. The molecule has 0 atom stereocenters. The SMILES string of the molecule is CC(C)Cn1ncnc1CN(C)Cc1ccc(Br)s1. The third-order valence-electron chi connectivity index (χ3n) is 2.70. The van der Waals surface area contributed by atoms with Gasteiger partial charge in [0.15, 0.2) is 0 Å². The first-order valence-corrected chi connectivity index (χ1v) is 7.95. The van der Waals surface area contributed by atoms with E-state index in [1.165, 1.54) is 8.66 Å². The van der Waals surface area contributed by atoms with E-state index < -0.39 is 0 Å². The van der Waals surface area contributed by atoms with Crippen molar-refractivity contribution < 1.29 is 0 Å². The Hall–Kier alpha value is -0.720. The van der Waals surface area contributed by atoms with Gasteiger partial charge in [0.25, 0.3) is 0 Å². The van der Waals surface area contributed by atoms with Crippen LogP contribution in [0.1, 0.15) is 24.5 Å². The van der Waals surface area contributed by atoms with Gasteiger partial charge in [-0.25, -0.2) is 9.67 Å². The third kappa shape index (κ3) is 4.40. The molecule has 0 fully saturated rings. The molecule has 0 aliphatic rings. The second-order valence-corrected chi connectivity index (χ2v) is 7.68. The molecule has 2 aromatic heterocycles. The van der Waals surface area contributed by atoms with Crippen molar-refractivity contribution in [1.29, 1.82) is 0 Å². The fraction of sp³-hybridized carbons (Fsp3) is 0.538. The predicted molar refractivity (Wildman–Crippen MR) is 82.1 cm³/mol. The maximum atomic E-state index is 4.36. The first-order chi connectivity index (χ1) is 9.04. The highest BCUT2D eigenvalue weighted by Gasteiger charge is 2.10. The monoisotopic (exact) mass is 342 g/mol. The van der Waals surface area contributed by atoms with Crippen LogP contribution in [0.5, 0.6) is 0 Å². The Morgan fingerprint density at radius 2 is 2.16 bits per heavy atom. The minimum Gasteiger partial charge on any atom is -0.294 e. The summed E-state index contributed by atoms with van der Waals surface area (Å²) >= 11 is 5.27. The van der Waals surface area contributed by atoms with Crippen LogP contribution in [0.3, 0.4) is 0 Å². The van der Waals surface area contributed by atoms with Gasteiger partial charge in [0, 0.05) is 18.0 Å². The molecular weight excluding hydrogens is 324 g/mol. The van der Waals surface area contributed by atoms with Crippen LogP contribution < -0.4 is 0 Å². The second-order valence-electron chi connectivity index (χ2n) is 5.13. The van der Waals surface area contributed by atoms with Crippen LogP contribution in [0.4, 0.5) is 0 Å². The molecule has 0 aliphatic carbocycles. The molecule has 0 saturated heterocycles. The van der Waals surface area contributed by atoms with E-state index in [1.54, 1.807) is 17.7 Å². The number of hydrogen-bond donors (Lipinski definition) is 0. The Bertz CT molecular complexity index is 520. The van der Waals surface area contributed by atoms with Gasteiger partial charge in [0.2, 0.25) is 0 Å². The van der Waals surface area contributed by atoms with Gasteiger partial charge in [0.05, 0.1) is 10.3 Å². The second kappa shape index (κ2) is 6.63. The van der Waals surface area contributed by atoms with Crippen molar-refractivity contribution in [3.05, 3.63) is 32.9 Å². The summed E-state index contributed by atoms with van der Waals surface area (Å²) < 4.78 is 3.18. The zero-order valence-corrected chi connectivity index (χ0v) is 13.9. The summed E-state index contributed by atoms with van der Waals surface area (Å²) in [4.78, 5) is 7.97. The lowest BCUT2D eigenvalue weighted by Gasteiger charge is -2.16. The van der Waals surface area contributed by atoms with Crippen LogP contribution in [-0.4, -0.2) is 26.7 Å². The molecule has 0 amide bonds. The van der Waals surface area contributed by atoms with Crippen LogP contribution in [-0.2, 0) is 19.6 Å². The lowest BCUT2D eigenvalue weighted by molar-refractivity contribution is 0.301. The molecule has 0 aromatic carbocycles. The third-order valence-corrected chi connectivity index (χ3v) is 4.31. The zero-order valence-electron chi connectivity index (χ0n) is 11.5. The molecular formula is C13H19BrN4S. The summed E-state index contributed by atoms with van der Waals surface area (Å²) in [5, 5.41) is 4.29. The average molecular weight is 343 g/mol. The highest BCUT2D eigenvalue weighted by molar-refractivity contribution is 9.11. The standard InChI is InChI=1S/C13H19BrN4S/c1-10(2)6-18-13(15-9-16-18)8-17(3)7-11-4-5-12(14)19-11/h4-5,9-10H,6-8H2,1-3H3. The first kappa shape index (κ1) is 14.7. The van der Waals surface area contributed by atoms with Crippen LogP contribution >= 0.6 is 27.3 Å². The molecule has 6 heteroatoms. The van der Waals surface area contributed by atoms with E-state index in [0.717, 1.165) is 25.5 Å². The van der Waals surface area contributed by atoms with E-state index in [0.29, 0.717) is 5.92 Å². The van der Waals surface area contributed by atoms with Crippen molar-refractivity contribution in [2.45, 2.75) is 33.5 Å².